The maximum absolute atomic E-state index is 13.2. The number of hydrogen-bond donors (Lipinski definition) is 2. The number of aromatic nitrogens is 2. The van der Waals surface area contributed by atoms with Crippen molar-refractivity contribution in [2.45, 2.75) is 12.4 Å². The van der Waals surface area contributed by atoms with Crippen molar-refractivity contribution in [3.05, 3.63) is 96.2 Å². The summed E-state index contributed by atoms with van der Waals surface area (Å²) in [7, 11) is 0. The van der Waals surface area contributed by atoms with Crippen LogP contribution in [0.15, 0.2) is 85.1 Å². The minimum absolute atomic E-state index is 0.0583. The highest BCUT2D eigenvalue weighted by Crippen LogP contribution is 2.37. The van der Waals surface area contributed by atoms with Crippen LogP contribution in [0.1, 0.15) is 11.1 Å². The SMILES string of the molecule is FC(F)(F)c1cc(NC(=S)Nc2cccc3ccc(-n4ccc5ccccc54)nc23)cc(C(F)(F)F)c1. The standard InChI is InChI=1S/C26H16F6N4S/c27-25(28,29)17-12-18(26(30,31)32)14-19(13-17)33-24(37)34-20-6-3-5-16-8-9-22(35-23(16)20)36-11-10-15-4-1-2-7-21(15)36/h1-14H,(H2,33,34,37). The van der Waals surface area contributed by atoms with Crippen molar-refractivity contribution in [1.82, 2.24) is 9.55 Å². The van der Waals surface area contributed by atoms with Crippen molar-refractivity contribution in [1.29, 1.82) is 0 Å². The number of nitrogens with zero attached hydrogens (tertiary/aromatic N) is 2. The molecule has 0 radical (unpaired) electrons. The quantitative estimate of drug-likeness (QED) is 0.183. The van der Waals surface area contributed by atoms with Crippen molar-refractivity contribution in [3.8, 4) is 5.82 Å². The predicted octanol–water partition coefficient (Wildman–Crippen LogP) is 8.03. The molecule has 0 spiro atoms. The average molecular weight is 530 g/mol. The molecule has 2 heterocycles. The highest BCUT2D eigenvalue weighted by molar-refractivity contribution is 7.80. The molecule has 2 aromatic heterocycles. The largest absolute Gasteiger partial charge is 0.416 e. The molecule has 188 valence electrons. The molecule has 37 heavy (non-hydrogen) atoms. The van der Waals surface area contributed by atoms with Gasteiger partial charge in [0.05, 0.1) is 27.8 Å². The van der Waals surface area contributed by atoms with Crippen LogP contribution in [0, 0.1) is 0 Å². The Bertz CT molecular complexity index is 1610. The molecule has 0 unspecified atom stereocenters. The number of anilines is 2. The highest BCUT2D eigenvalue weighted by Gasteiger charge is 2.37. The third kappa shape index (κ3) is 5.08. The van der Waals surface area contributed by atoms with Gasteiger partial charge >= 0.3 is 12.4 Å². The van der Waals surface area contributed by atoms with E-state index >= 15 is 0 Å². The molecule has 0 amide bonds. The third-order valence-corrected chi connectivity index (χ3v) is 5.85. The maximum Gasteiger partial charge on any atom is 0.416 e. The van der Waals surface area contributed by atoms with E-state index in [4.69, 9.17) is 17.2 Å². The smallest absolute Gasteiger partial charge is 0.332 e. The van der Waals surface area contributed by atoms with Crippen LogP contribution in [0.4, 0.5) is 37.7 Å². The van der Waals surface area contributed by atoms with Gasteiger partial charge in [-0.3, -0.25) is 0 Å². The fourth-order valence-corrected chi connectivity index (χ4v) is 4.19. The van der Waals surface area contributed by atoms with Gasteiger partial charge in [-0.05, 0) is 66.1 Å². The second-order valence-electron chi connectivity index (χ2n) is 8.16. The molecule has 0 saturated heterocycles. The number of rotatable bonds is 3. The van der Waals surface area contributed by atoms with E-state index in [-0.39, 0.29) is 11.2 Å². The first-order valence-electron chi connectivity index (χ1n) is 10.8. The van der Waals surface area contributed by atoms with Crippen LogP contribution in [-0.4, -0.2) is 14.7 Å². The Balaban J connectivity index is 1.47. The summed E-state index contributed by atoms with van der Waals surface area (Å²) in [6.45, 7) is 0. The number of nitrogens with one attached hydrogen (secondary N) is 2. The lowest BCUT2D eigenvalue weighted by molar-refractivity contribution is -0.143. The summed E-state index contributed by atoms with van der Waals surface area (Å²) in [6, 6.07) is 19.8. The van der Waals surface area contributed by atoms with Gasteiger partial charge in [0.1, 0.15) is 5.82 Å². The van der Waals surface area contributed by atoms with Gasteiger partial charge in [0.15, 0.2) is 5.11 Å². The fraction of sp³-hybridized carbons (Fsp3) is 0.0769. The number of halogens is 6. The number of benzene rings is 3. The number of hydrogen-bond acceptors (Lipinski definition) is 2. The van der Waals surface area contributed by atoms with Crippen LogP contribution in [0.3, 0.4) is 0 Å². The van der Waals surface area contributed by atoms with Crippen molar-refractivity contribution in [3.63, 3.8) is 0 Å². The number of fused-ring (bicyclic) bond motifs is 2. The molecule has 0 saturated carbocycles. The van der Waals surface area contributed by atoms with Crippen molar-refractivity contribution in [2.24, 2.45) is 0 Å². The lowest BCUT2D eigenvalue weighted by Gasteiger charge is -2.17. The third-order valence-electron chi connectivity index (χ3n) is 5.65. The van der Waals surface area contributed by atoms with Crippen LogP contribution >= 0.6 is 12.2 Å². The van der Waals surface area contributed by atoms with Gasteiger partial charge < -0.3 is 15.2 Å². The molecule has 0 aliphatic carbocycles. The summed E-state index contributed by atoms with van der Waals surface area (Å²) in [6.07, 6.45) is -8.05. The lowest BCUT2D eigenvalue weighted by atomic mass is 10.1. The molecule has 4 nitrogen and oxygen atoms in total. The first kappa shape index (κ1) is 24.6. The van der Waals surface area contributed by atoms with Gasteiger partial charge in [-0.2, -0.15) is 26.3 Å². The Morgan fingerprint density at radius 3 is 2.11 bits per heavy atom. The molecule has 0 bridgehead atoms. The average Bonchev–Trinajstić information content (AvgIpc) is 3.27. The van der Waals surface area contributed by atoms with E-state index in [1.54, 1.807) is 12.1 Å². The summed E-state index contributed by atoms with van der Waals surface area (Å²) < 4.78 is 81.1. The van der Waals surface area contributed by atoms with Gasteiger partial charge in [0.2, 0.25) is 0 Å². The maximum atomic E-state index is 13.2. The highest BCUT2D eigenvalue weighted by atomic mass is 32.1. The molecule has 5 aromatic rings. The first-order valence-corrected chi connectivity index (χ1v) is 11.2. The minimum atomic E-state index is -4.97. The van der Waals surface area contributed by atoms with Gasteiger partial charge in [-0.1, -0.05) is 30.3 Å². The lowest BCUT2D eigenvalue weighted by Crippen LogP contribution is -2.21. The Morgan fingerprint density at radius 1 is 0.730 bits per heavy atom. The van der Waals surface area contributed by atoms with E-state index < -0.39 is 29.2 Å². The Labute approximate surface area is 211 Å². The molecule has 5 rings (SSSR count). The summed E-state index contributed by atoms with van der Waals surface area (Å²) >= 11 is 5.21. The van der Waals surface area contributed by atoms with E-state index in [1.807, 2.05) is 59.3 Å². The van der Waals surface area contributed by atoms with E-state index in [9.17, 15) is 26.3 Å². The van der Waals surface area contributed by atoms with Crippen molar-refractivity contribution >= 4 is 50.5 Å². The molecule has 0 aliphatic rings. The molecule has 0 fully saturated rings. The van der Waals surface area contributed by atoms with Crippen LogP contribution in [0.25, 0.3) is 27.6 Å². The second-order valence-corrected chi connectivity index (χ2v) is 8.57. The van der Waals surface area contributed by atoms with Gasteiger partial charge in [0.25, 0.3) is 0 Å². The van der Waals surface area contributed by atoms with Gasteiger partial charge in [0, 0.05) is 17.3 Å². The monoisotopic (exact) mass is 530 g/mol. The van der Waals surface area contributed by atoms with Crippen molar-refractivity contribution in [2.75, 3.05) is 10.6 Å². The molecular weight excluding hydrogens is 514 g/mol. The Morgan fingerprint density at radius 2 is 1.41 bits per heavy atom. The topological polar surface area (TPSA) is 41.9 Å². The van der Waals surface area contributed by atoms with Crippen LogP contribution in [-0.2, 0) is 12.4 Å². The Hall–Kier alpha value is -4.12. The zero-order valence-corrected chi connectivity index (χ0v) is 19.5. The Kier molecular flexibility index (Phi) is 6.03. The van der Waals surface area contributed by atoms with Crippen LogP contribution in [0.5, 0.6) is 0 Å². The first-order chi connectivity index (χ1) is 17.5. The van der Waals surface area contributed by atoms with E-state index in [2.05, 4.69) is 10.6 Å². The number of alkyl halides is 6. The van der Waals surface area contributed by atoms with Crippen molar-refractivity contribution < 1.29 is 26.3 Å². The van der Waals surface area contributed by atoms with Crippen LogP contribution < -0.4 is 10.6 Å². The number of thiocarbonyl (C=S) groups is 1. The van der Waals surface area contributed by atoms with E-state index in [0.29, 0.717) is 29.2 Å². The molecule has 3 aromatic carbocycles. The number of para-hydroxylation sites is 2. The van der Waals surface area contributed by atoms with E-state index in [1.165, 1.54) is 0 Å². The summed E-state index contributed by atoms with van der Waals surface area (Å²) in [5.41, 5.74) is -1.45. The minimum Gasteiger partial charge on any atom is -0.332 e. The van der Waals surface area contributed by atoms with E-state index in [0.717, 1.165) is 16.3 Å². The number of pyridine rings is 1. The summed E-state index contributed by atoms with van der Waals surface area (Å²) in [5.74, 6) is 0.620. The van der Waals surface area contributed by atoms with Gasteiger partial charge in [-0.15, -0.1) is 0 Å². The molecule has 0 aliphatic heterocycles. The summed E-state index contributed by atoms with van der Waals surface area (Å²) in [5, 5.41) is 6.87. The van der Waals surface area contributed by atoms with Gasteiger partial charge in [-0.25, -0.2) is 4.98 Å². The van der Waals surface area contributed by atoms with Crippen LogP contribution in [0.2, 0.25) is 0 Å². The molecular formula is C26H16F6N4S. The molecule has 0 atom stereocenters. The zero-order chi connectivity index (χ0) is 26.4. The molecule has 2 N–H and O–H groups in total. The normalized spacial score (nSPS) is 12.2. The predicted molar refractivity (Wildman–Crippen MR) is 135 cm³/mol. The zero-order valence-electron chi connectivity index (χ0n) is 18.7. The fourth-order valence-electron chi connectivity index (χ4n) is 3.97. The summed E-state index contributed by atoms with van der Waals surface area (Å²) in [4.78, 5) is 4.74. The molecule has 11 heteroatoms. The second kappa shape index (κ2) is 9.07.